The molecule has 1 aliphatic rings. The molecule has 1 unspecified atom stereocenters. The predicted molar refractivity (Wildman–Crippen MR) is 142 cm³/mol. The highest BCUT2D eigenvalue weighted by atomic mass is 32.2. The van der Waals surface area contributed by atoms with Crippen LogP contribution in [0.2, 0.25) is 0 Å². The number of fused-ring (bicyclic) bond motifs is 1. The van der Waals surface area contributed by atoms with Gasteiger partial charge in [-0.1, -0.05) is 74.5 Å². The second-order valence-electron chi connectivity index (χ2n) is 8.78. The summed E-state index contributed by atoms with van der Waals surface area (Å²) in [5, 5.41) is 4.87. The van der Waals surface area contributed by atoms with Gasteiger partial charge in [-0.15, -0.1) is 11.8 Å². The van der Waals surface area contributed by atoms with E-state index in [1.165, 1.54) is 5.56 Å². The number of hydrogen-bond donors (Lipinski definition) is 1. The second kappa shape index (κ2) is 9.35. The third-order valence-corrected chi connectivity index (χ3v) is 7.38. The lowest BCUT2D eigenvalue weighted by molar-refractivity contribution is -0.115. The standard InChI is InChI=1S/C29H26N2O2S/c1-19(2)20-13-15-24(16-14-20)31-27(32)18-34-29(31)22-9-5-10-23(17-22)30-28(33)26-12-6-8-21-7-3-4-11-25(21)26/h3-17,19,29H,18H2,1-2H3,(H,30,33). The topological polar surface area (TPSA) is 49.4 Å². The lowest BCUT2D eigenvalue weighted by Crippen LogP contribution is -2.27. The molecule has 4 aromatic rings. The van der Waals surface area contributed by atoms with Gasteiger partial charge in [-0.2, -0.15) is 0 Å². The molecule has 1 aliphatic heterocycles. The van der Waals surface area contributed by atoms with Gasteiger partial charge in [-0.3, -0.25) is 14.5 Å². The van der Waals surface area contributed by atoms with Crippen LogP contribution in [0.4, 0.5) is 11.4 Å². The van der Waals surface area contributed by atoms with Crippen LogP contribution in [0.5, 0.6) is 0 Å². The number of hydrogen-bond acceptors (Lipinski definition) is 3. The van der Waals surface area contributed by atoms with Crippen molar-refractivity contribution < 1.29 is 9.59 Å². The van der Waals surface area contributed by atoms with Crippen molar-refractivity contribution in [2.24, 2.45) is 0 Å². The summed E-state index contributed by atoms with van der Waals surface area (Å²) in [5.41, 5.74) is 4.48. The zero-order valence-electron chi connectivity index (χ0n) is 19.2. The summed E-state index contributed by atoms with van der Waals surface area (Å²) in [7, 11) is 0. The minimum absolute atomic E-state index is 0.0949. The van der Waals surface area contributed by atoms with Crippen molar-refractivity contribution in [2.45, 2.75) is 25.1 Å². The van der Waals surface area contributed by atoms with E-state index in [1.54, 1.807) is 11.8 Å². The normalized spacial score (nSPS) is 15.8. The number of nitrogens with zero attached hydrogens (tertiary/aromatic N) is 1. The molecule has 0 bridgehead atoms. The van der Waals surface area contributed by atoms with Crippen molar-refractivity contribution in [1.29, 1.82) is 0 Å². The Labute approximate surface area is 204 Å². The van der Waals surface area contributed by atoms with Gasteiger partial charge in [0.25, 0.3) is 5.91 Å². The molecule has 1 N–H and O–H groups in total. The first-order valence-corrected chi connectivity index (χ1v) is 12.5. The van der Waals surface area contributed by atoms with E-state index >= 15 is 0 Å². The van der Waals surface area contributed by atoms with Crippen molar-refractivity contribution in [3.63, 3.8) is 0 Å². The third-order valence-electron chi connectivity index (χ3n) is 6.17. The molecule has 34 heavy (non-hydrogen) atoms. The Morgan fingerprint density at radius 1 is 0.941 bits per heavy atom. The molecule has 5 rings (SSSR count). The van der Waals surface area contributed by atoms with Crippen LogP contribution in [0.1, 0.15) is 46.6 Å². The molecular formula is C29H26N2O2S. The van der Waals surface area contributed by atoms with Gasteiger partial charge in [0.1, 0.15) is 5.37 Å². The van der Waals surface area contributed by atoms with Crippen LogP contribution < -0.4 is 10.2 Å². The van der Waals surface area contributed by atoms with Crippen LogP contribution in [0.15, 0.2) is 91.0 Å². The van der Waals surface area contributed by atoms with E-state index in [0.29, 0.717) is 22.9 Å². The average molecular weight is 467 g/mol. The van der Waals surface area contributed by atoms with E-state index in [0.717, 1.165) is 22.0 Å². The first-order valence-electron chi connectivity index (χ1n) is 11.4. The molecule has 170 valence electrons. The molecular weight excluding hydrogens is 440 g/mol. The zero-order chi connectivity index (χ0) is 23.7. The van der Waals surface area contributed by atoms with Crippen LogP contribution in [0.25, 0.3) is 10.8 Å². The van der Waals surface area contributed by atoms with Crippen LogP contribution >= 0.6 is 11.8 Å². The van der Waals surface area contributed by atoms with Gasteiger partial charge in [0.15, 0.2) is 0 Å². The molecule has 4 nitrogen and oxygen atoms in total. The van der Waals surface area contributed by atoms with Crippen LogP contribution in [0, 0.1) is 0 Å². The molecule has 1 saturated heterocycles. The Kier molecular flexibility index (Phi) is 6.12. The summed E-state index contributed by atoms with van der Waals surface area (Å²) in [5.74, 6) is 0.821. The summed E-state index contributed by atoms with van der Waals surface area (Å²) in [6.07, 6.45) is 0. The Hall–Kier alpha value is -3.57. The van der Waals surface area contributed by atoms with Crippen molar-refractivity contribution in [3.05, 3.63) is 108 Å². The Balaban J connectivity index is 1.41. The molecule has 0 radical (unpaired) electrons. The predicted octanol–water partition coefficient (Wildman–Crippen LogP) is 6.99. The van der Waals surface area contributed by atoms with Crippen molar-refractivity contribution in [3.8, 4) is 0 Å². The molecule has 0 aliphatic carbocycles. The van der Waals surface area contributed by atoms with Gasteiger partial charge in [-0.05, 0) is 58.1 Å². The van der Waals surface area contributed by atoms with E-state index in [1.807, 2.05) is 83.8 Å². The maximum absolute atomic E-state index is 13.1. The molecule has 0 aromatic heterocycles. The number of amides is 2. The molecule has 2 amide bonds. The minimum Gasteiger partial charge on any atom is -0.322 e. The quantitative estimate of drug-likeness (QED) is 0.345. The highest BCUT2D eigenvalue weighted by Crippen LogP contribution is 2.42. The number of rotatable bonds is 5. The molecule has 0 saturated carbocycles. The second-order valence-corrected chi connectivity index (χ2v) is 9.85. The highest BCUT2D eigenvalue weighted by Gasteiger charge is 2.34. The summed E-state index contributed by atoms with van der Waals surface area (Å²) < 4.78 is 0. The summed E-state index contributed by atoms with van der Waals surface area (Å²) >= 11 is 1.61. The minimum atomic E-state index is -0.148. The van der Waals surface area contributed by atoms with Gasteiger partial charge in [0.2, 0.25) is 5.91 Å². The van der Waals surface area contributed by atoms with Gasteiger partial charge < -0.3 is 5.32 Å². The van der Waals surface area contributed by atoms with Crippen molar-refractivity contribution >= 4 is 45.7 Å². The van der Waals surface area contributed by atoms with E-state index in [9.17, 15) is 9.59 Å². The number of carbonyl (C=O) groups excluding carboxylic acids is 2. The maximum atomic E-state index is 13.1. The van der Waals surface area contributed by atoms with Gasteiger partial charge >= 0.3 is 0 Å². The third kappa shape index (κ3) is 4.31. The Morgan fingerprint density at radius 2 is 1.68 bits per heavy atom. The van der Waals surface area contributed by atoms with Crippen LogP contribution in [-0.4, -0.2) is 17.6 Å². The average Bonchev–Trinajstić information content (AvgIpc) is 3.25. The summed E-state index contributed by atoms with van der Waals surface area (Å²) in [6, 6.07) is 29.6. The van der Waals surface area contributed by atoms with Gasteiger partial charge in [-0.25, -0.2) is 0 Å². The van der Waals surface area contributed by atoms with Gasteiger partial charge in [0, 0.05) is 16.9 Å². The molecule has 5 heteroatoms. The SMILES string of the molecule is CC(C)c1ccc(N2C(=O)CSC2c2cccc(NC(=O)c3cccc4ccccc34)c2)cc1. The first kappa shape index (κ1) is 22.2. The highest BCUT2D eigenvalue weighted by molar-refractivity contribution is 8.00. The van der Waals surface area contributed by atoms with Crippen LogP contribution in [-0.2, 0) is 4.79 Å². The Bertz CT molecular complexity index is 1360. The van der Waals surface area contributed by atoms with E-state index < -0.39 is 0 Å². The lowest BCUT2D eigenvalue weighted by Gasteiger charge is -2.25. The monoisotopic (exact) mass is 466 g/mol. The molecule has 0 spiro atoms. The van der Waals surface area contributed by atoms with E-state index in [2.05, 4.69) is 31.3 Å². The molecule has 4 aromatic carbocycles. The zero-order valence-corrected chi connectivity index (χ0v) is 20.0. The van der Waals surface area contributed by atoms with E-state index in [4.69, 9.17) is 0 Å². The van der Waals surface area contributed by atoms with Crippen molar-refractivity contribution in [1.82, 2.24) is 0 Å². The first-order chi connectivity index (χ1) is 16.5. The van der Waals surface area contributed by atoms with Crippen molar-refractivity contribution in [2.75, 3.05) is 16.0 Å². The number of benzene rings is 4. The molecule has 1 fully saturated rings. The summed E-state index contributed by atoms with van der Waals surface area (Å²) in [4.78, 5) is 27.8. The Morgan fingerprint density at radius 3 is 2.47 bits per heavy atom. The fraction of sp³-hybridized carbons (Fsp3) is 0.172. The van der Waals surface area contributed by atoms with E-state index in [-0.39, 0.29) is 17.2 Å². The number of carbonyl (C=O) groups is 2. The maximum Gasteiger partial charge on any atom is 0.256 e. The fourth-order valence-electron chi connectivity index (χ4n) is 4.36. The van der Waals surface area contributed by atoms with Crippen LogP contribution in [0.3, 0.4) is 0 Å². The summed E-state index contributed by atoms with van der Waals surface area (Å²) in [6.45, 7) is 4.32. The number of nitrogens with one attached hydrogen (secondary N) is 1. The number of anilines is 2. The largest absolute Gasteiger partial charge is 0.322 e. The van der Waals surface area contributed by atoms with Gasteiger partial charge in [0.05, 0.1) is 5.75 Å². The molecule has 1 atom stereocenters. The lowest BCUT2D eigenvalue weighted by atomic mass is 10.0. The number of thioether (sulfide) groups is 1. The molecule has 1 heterocycles. The fourth-order valence-corrected chi connectivity index (χ4v) is 5.53. The smallest absolute Gasteiger partial charge is 0.256 e.